The third-order valence-corrected chi connectivity index (χ3v) is 3.55. The first-order valence-electron chi connectivity index (χ1n) is 6.80. The fourth-order valence-electron chi connectivity index (χ4n) is 2.37. The molecule has 1 amide bonds. The third kappa shape index (κ3) is 2.90. The van der Waals surface area contributed by atoms with Gasteiger partial charge in [-0.2, -0.15) is 0 Å². The molecule has 1 aliphatic heterocycles. The first-order valence-corrected chi connectivity index (χ1v) is 6.80. The summed E-state index contributed by atoms with van der Waals surface area (Å²) in [6.07, 6.45) is 3.04. The maximum absolute atomic E-state index is 12.6. The van der Waals surface area contributed by atoms with Gasteiger partial charge < -0.3 is 4.74 Å². The van der Waals surface area contributed by atoms with Gasteiger partial charge in [0.2, 0.25) is 0 Å². The fourth-order valence-corrected chi connectivity index (χ4v) is 2.37. The number of methoxy groups -OCH3 is 1. The number of rotatable bonds is 3. The summed E-state index contributed by atoms with van der Waals surface area (Å²) in [7, 11) is 1.33. The van der Waals surface area contributed by atoms with Crippen LogP contribution in [-0.4, -0.2) is 30.4 Å². The topological polar surface area (TPSA) is 46.6 Å². The van der Waals surface area contributed by atoms with Crippen molar-refractivity contribution in [3.8, 4) is 0 Å². The molecule has 0 radical (unpaired) electrons. The molecule has 1 unspecified atom stereocenters. The maximum atomic E-state index is 12.6. The van der Waals surface area contributed by atoms with E-state index in [0.29, 0.717) is 12.2 Å². The lowest BCUT2D eigenvalue weighted by Crippen LogP contribution is -2.37. The van der Waals surface area contributed by atoms with E-state index in [9.17, 15) is 9.59 Å². The summed E-state index contributed by atoms with van der Waals surface area (Å²) in [5, 5.41) is 0. The Morgan fingerprint density at radius 3 is 2.60 bits per heavy atom. The van der Waals surface area contributed by atoms with E-state index in [1.54, 1.807) is 0 Å². The second kappa shape index (κ2) is 6.37. The van der Waals surface area contributed by atoms with E-state index in [0.717, 1.165) is 18.4 Å². The van der Waals surface area contributed by atoms with Gasteiger partial charge in [0.1, 0.15) is 0 Å². The zero-order valence-corrected chi connectivity index (χ0v) is 11.8. The molecule has 1 atom stereocenters. The molecule has 0 aromatic heterocycles. The highest BCUT2D eigenvalue weighted by atomic mass is 16.5. The van der Waals surface area contributed by atoms with Gasteiger partial charge in [-0.3, -0.25) is 9.69 Å². The van der Waals surface area contributed by atoms with Crippen LogP contribution in [0.3, 0.4) is 0 Å². The lowest BCUT2D eigenvalue weighted by molar-refractivity contribution is -0.118. The SMILES string of the molecule is COC(=O)N1CCCC=C1C(=O)C(C)c1ccccc1. The van der Waals surface area contributed by atoms with Crippen LogP contribution in [0.1, 0.15) is 31.2 Å². The number of benzene rings is 1. The molecule has 1 heterocycles. The average Bonchev–Trinajstić information content (AvgIpc) is 2.53. The molecule has 0 saturated heterocycles. The molecule has 0 bridgehead atoms. The average molecular weight is 273 g/mol. The van der Waals surface area contributed by atoms with Crippen LogP contribution in [0, 0.1) is 0 Å². The van der Waals surface area contributed by atoms with E-state index < -0.39 is 6.09 Å². The van der Waals surface area contributed by atoms with E-state index in [1.807, 2.05) is 43.3 Å². The van der Waals surface area contributed by atoms with Gasteiger partial charge in [-0.25, -0.2) is 4.79 Å². The second-order valence-electron chi connectivity index (χ2n) is 4.85. The normalized spacial score (nSPS) is 16.3. The molecule has 0 spiro atoms. The van der Waals surface area contributed by atoms with Crippen molar-refractivity contribution in [1.82, 2.24) is 4.90 Å². The summed E-state index contributed by atoms with van der Waals surface area (Å²) in [6, 6.07) is 9.59. The van der Waals surface area contributed by atoms with Gasteiger partial charge >= 0.3 is 6.09 Å². The van der Waals surface area contributed by atoms with Crippen LogP contribution < -0.4 is 0 Å². The van der Waals surface area contributed by atoms with E-state index >= 15 is 0 Å². The Hall–Kier alpha value is -2.10. The van der Waals surface area contributed by atoms with Gasteiger partial charge in [0.15, 0.2) is 5.78 Å². The quantitative estimate of drug-likeness (QED) is 0.850. The van der Waals surface area contributed by atoms with Crippen LogP contribution in [0.25, 0.3) is 0 Å². The minimum absolute atomic E-state index is 0.0405. The predicted molar refractivity (Wildman–Crippen MR) is 76.3 cm³/mol. The Kier molecular flexibility index (Phi) is 4.56. The highest BCUT2D eigenvalue weighted by molar-refractivity contribution is 6.02. The summed E-state index contributed by atoms with van der Waals surface area (Å²) >= 11 is 0. The van der Waals surface area contributed by atoms with Gasteiger partial charge in [0.25, 0.3) is 0 Å². The molecule has 0 saturated carbocycles. The first-order chi connectivity index (χ1) is 9.65. The first kappa shape index (κ1) is 14.3. The van der Waals surface area contributed by atoms with Crippen LogP contribution in [0.5, 0.6) is 0 Å². The van der Waals surface area contributed by atoms with Crippen molar-refractivity contribution in [3.05, 3.63) is 47.7 Å². The molecule has 106 valence electrons. The molecule has 4 heteroatoms. The van der Waals surface area contributed by atoms with Crippen molar-refractivity contribution in [3.63, 3.8) is 0 Å². The maximum Gasteiger partial charge on any atom is 0.414 e. The fraction of sp³-hybridized carbons (Fsp3) is 0.375. The molecule has 0 aliphatic carbocycles. The molecular formula is C16H19NO3. The van der Waals surface area contributed by atoms with Gasteiger partial charge in [-0.15, -0.1) is 0 Å². The lowest BCUT2D eigenvalue weighted by Gasteiger charge is -2.28. The molecule has 1 aromatic carbocycles. The van der Waals surface area contributed by atoms with Crippen LogP contribution >= 0.6 is 0 Å². The smallest absolute Gasteiger partial charge is 0.414 e. The number of ether oxygens (including phenoxy) is 1. The molecule has 1 aliphatic rings. The van der Waals surface area contributed by atoms with Gasteiger partial charge in [0.05, 0.1) is 12.8 Å². The minimum atomic E-state index is -0.468. The zero-order valence-electron chi connectivity index (χ0n) is 11.8. The van der Waals surface area contributed by atoms with Crippen molar-refractivity contribution in [1.29, 1.82) is 0 Å². The number of ketones is 1. The van der Waals surface area contributed by atoms with E-state index in [4.69, 9.17) is 4.74 Å². The van der Waals surface area contributed by atoms with Crippen molar-refractivity contribution >= 4 is 11.9 Å². The molecule has 2 rings (SSSR count). The van der Waals surface area contributed by atoms with Crippen LogP contribution in [0.15, 0.2) is 42.1 Å². The molecule has 0 N–H and O–H groups in total. The van der Waals surface area contributed by atoms with Crippen molar-refractivity contribution < 1.29 is 14.3 Å². The number of carbonyl (C=O) groups is 2. The van der Waals surface area contributed by atoms with E-state index in [1.165, 1.54) is 12.0 Å². The zero-order chi connectivity index (χ0) is 14.5. The largest absolute Gasteiger partial charge is 0.452 e. The second-order valence-corrected chi connectivity index (χ2v) is 4.85. The van der Waals surface area contributed by atoms with Crippen LogP contribution in [-0.2, 0) is 9.53 Å². The summed E-state index contributed by atoms with van der Waals surface area (Å²) in [5.41, 5.74) is 1.41. The molecule has 0 fully saturated rings. The van der Waals surface area contributed by atoms with Crippen LogP contribution in [0.4, 0.5) is 4.79 Å². The van der Waals surface area contributed by atoms with Crippen molar-refractivity contribution in [2.24, 2.45) is 0 Å². The number of carbonyl (C=O) groups excluding carboxylic acids is 2. The Bertz CT molecular complexity index is 522. The van der Waals surface area contributed by atoms with Gasteiger partial charge in [-0.1, -0.05) is 43.3 Å². The summed E-state index contributed by atoms with van der Waals surface area (Å²) in [4.78, 5) is 25.8. The number of hydrogen-bond donors (Lipinski definition) is 0. The van der Waals surface area contributed by atoms with E-state index in [-0.39, 0.29) is 11.7 Å². The highest BCUT2D eigenvalue weighted by Gasteiger charge is 2.29. The third-order valence-electron chi connectivity index (χ3n) is 3.55. The number of hydrogen-bond acceptors (Lipinski definition) is 3. The number of Topliss-reactive ketones (excluding diaryl/α,β-unsaturated/α-hetero) is 1. The highest BCUT2D eigenvalue weighted by Crippen LogP contribution is 2.25. The van der Waals surface area contributed by atoms with Crippen molar-refractivity contribution in [2.45, 2.75) is 25.7 Å². The monoisotopic (exact) mass is 273 g/mol. The molecular weight excluding hydrogens is 254 g/mol. The Balaban J connectivity index is 2.22. The standard InChI is InChI=1S/C16H19NO3/c1-12(13-8-4-3-5-9-13)15(18)14-10-6-7-11-17(14)16(19)20-2/h3-5,8-10,12H,6-7,11H2,1-2H3. The van der Waals surface area contributed by atoms with Crippen molar-refractivity contribution in [2.75, 3.05) is 13.7 Å². The number of nitrogens with zero attached hydrogens (tertiary/aromatic N) is 1. The van der Waals surface area contributed by atoms with Gasteiger partial charge in [0, 0.05) is 12.5 Å². The minimum Gasteiger partial charge on any atom is -0.452 e. The lowest BCUT2D eigenvalue weighted by atomic mass is 9.93. The molecule has 20 heavy (non-hydrogen) atoms. The predicted octanol–water partition coefficient (Wildman–Crippen LogP) is 3.11. The Morgan fingerprint density at radius 2 is 1.95 bits per heavy atom. The summed E-state index contributed by atoms with van der Waals surface area (Å²) in [5.74, 6) is -0.311. The summed E-state index contributed by atoms with van der Waals surface area (Å²) < 4.78 is 4.75. The van der Waals surface area contributed by atoms with E-state index in [2.05, 4.69) is 0 Å². The number of allylic oxidation sites excluding steroid dienone is 2. The number of amides is 1. The summed E-state index contributed by atoms with van der Waals surface area (Å²) in [6.45, 7) is 2.40. The van der Waals surface area contributed by atoms with Gasteiger partial charge in [-0.05, 0) is 18.4 Å². The van der Waals surface area contributed by atoms with Crippen LogP contribution in [0.2, 0.25) is 0 Å². The Morgan fingerprint density at radius 1 is 1.25 bits per heavy atom. The molecule has 4 nitrogen and oxygen atoms in total. The molecule has 1 aromatic rings. The Labute approximate surface area is 119 Å².